The smallest absolute Gasteiger partial charge is 0.260 e. The number of benzene rings is 2. The van der Waals surface area contributed by atoms with Crippen LogP contribution in [0.15, 0.2) is 42.5 Å². The standard InChI is InChI=1S/C25H32N2O4/c28-22-9-5-19(6-10-22)24(29)16-26-21-8-4-18-7-11-23(15-20(18)14-21)31-17-25(30)27-12-2-1-3-13-27/h5-7,9-11,15,21,24,26,28-29H,1-4,8,12-14,16-17H2/t21-,24+/m0/s1. The topological polar surface area (TPSA) is 82.0 Å². The highest BCUT2D eigenvalue weighted by Gasteiger charge is 2.21. The number of likely N-dealkylation sites (tertiary alicyclic amines) is 1. The second-order valence-electron chi connectivity index (χ2n) is 8.62. The highest BCUT2D eigenvalue weighted by atomic mass is 16.5. The van der Waals surface area contributed by atoms with E-state index in [1.165, 1.54) is 17.5 Å². The van der Waals surface area contributed by atoms with Gasteiger partial charge in [0, 0.05) is 25.7 Å². The van der Waals surface area contributed by atoms with Gasteiger partial charge in [-0.3, -0.25) is 4.79 Å². The molecule has 2 atom stereocenters. The number of rotatable bonds is 7. The highest BCUT2D eigenvalue weighted by molar-refractivity contribution is 5.77. The fourth-order valence-corrected chi connectivity index (χ4v) is 4.47. The number of hydrogen-bond acceptors (Lipinski definition) is 5. The van der Waals surface area contributed by atoms with Gasteiger partial charge in [0.15, 0.2) is 6.61 Å². The largest absolute Gasteiger partial charge is 0.508 e. The molecule has 6 heteroatoms. The molecule has 1 amide bonds. The number of hydrogen-bond donors (Lipinski definition) is 3. The lowest BCUT2D eigenvalue weighted by atomic mass is 9.88. The maximum Gasteiger partial charge on any atom is 0.260 e. The van der Waals surface area contributed by atoms with E-state index in [0.717, 1.165) is 56.5 Å². The van der Waals surface area contributed by atoms with Gasteiger partial charge in [-0.25, -0.2) is 0 Å². The Bertz CT molecular complexity index is 878. The first kappa shape index (κ1) is 21.7. The van der Waals surface area contributed by atoms with Crippen LogP contribution in [0.1, 0.15) is 48.5 Å². The molecule has 31 heavy (non-hydrogen) atoms. The van der Waals surface area contributed by atoms with E-state index in [4.69, 9.17) is 4.74 Å². The second-order valence-corrected chi connectivity index (χ2v) is 8.62. The summed E-state index contributed by atoms with van der Waals surface area (Å²) in [5, 5.41) is 23.3. The summed E-state index contributed by atoms with van der Waals surface area (Å²) in [6.45, 7) is 2.25. The molecule has 166 valence electrons. The number of aromatic hydroxyl groups is 1. The molecular formula is C25H32N2O4. The van der Waals surface area contributed by atoms with Gasteiger partial charge in [0.2, 0.25) is 0 Å². The third-order valence-electron chi connectivity index (χ3n) is 6.35. The predicted molar refractivity (Wildman–Crippen MR) is 119 cm³/mol. The van der Waals surface area contributed by atoms with Crippen LogP contribution < -0.4 is 10.1 Å². The van der Waals surface area contributed by atoms with Crippen LogP contribution in [0.25, 0.3) is 0 Å². The van der Waals surface area contributed by atoms with Crippen LogP contribution in [0, 0.1) is 0 Å². The Morgan fingerprint density at radius 2 is 1.87 bits per heavy atom. The molecule has 1 fully saturated rings. The maximum atomic E-state index is 12.4. The summed E-state index contributed by atoms with van der Waals surface area (Å²) >= 11 is 0. The zero-order chi connectivity index (χ0) is 21.6. The lowest BCUT2D eigenvalue weighted by Crippen LogP contribution is -2.38. The van der Waals surface area contributed by atoms with Crippen LogP contribution >= 0.6 is 0 Å². The molecule has 2 aromatic carbocycles. The minimum atomic E-state index is -0.613. The van der Waals surface area contributed by atoms with Gasteiger partial charge in [-0.15, -0.1) is 0 Å². The van der Waals surface area contributed by atoms with Crippen molar-refractivity contribution < 1.29 is 19.7 Å². The van der Waals surface area contributed by atoms with Gasteiger partial charge in [-0.2, -0.15) is 0 Å². The third-order valence-corrected chi connectivity index (χ3v) is 6.35. The van der Waals surface area contributed by atoms with Crippen molar-refractivity contribution in [1.82, 2.24) is 10.2 Å². The third kappa shape index (κ3) is 5.77. The van der Waals surface area contributed by atoms with Crippen molar-refractivity contribution in [3.63, 3.8) is 0 Å². The first-order valence-corrected chi connectivity index (χ1v) is 11.3. The summed E-state index contributed by atoms with van der Waals surface area (Å²) in [4.78, 5) is 14.3. The van der Waals surface area contributed by atoms with Gasteiger partial charge in [-0.05, 0) is 79.5 Å². The molecule has 2 aromatic rings. The molecule has 1 heterocycles. The van der Waals surface area contributed by atoms with Crippen molar-refractivity contribution in [3.05, 3.63) is 59.2 Å². The van der Waals surface area contributed by atoms with Gasteiger partial charge in [0.25, 0.3) is 5.91 Å². The highest BCUT2D eigenvalue weighted by Crippen LogP contribution is 2.26. The number of nitrogens with zero attached hydrogens (tertiary/aromatic N) is 1. The number of phenols is 1. The molecule has 6 nitrogen and oxygen atoms in total. The second kappa shape index (κ2) is 10.2. The van der Waals surface area contributed by atoms with Crippen LogP contribution in [0.3, 0.4) is 0 Å². The number of phenolic OH excluding ortho intramolecular Hbond substituents is 1. The maximum absolute atomic E-state index is 12.4. The van der Waals surface area contributed by atoms with E-state index in [2.05, 4.69) is 17.4 Å². The van der Waals surface area contributed by atoms with E-state index in [9.17, 15) is 15.0 Å². The summed E-state index contributed by atoms with van der Waals surface area (Å²) in [5.74, 6) is 1.01. The van der Waals surface area contributed by atoms with Crippen molar-refractivity contribution in [3.8, 4) is 11.5 Å². The van der Waals surface area contributed by atoms with Crippen molar-refractivity contribution in [2.45, 2.75) is 50.7 Å². The van der Waals surface area contributed by atoms with Crippen LogP contribution in [0.2, 0.25) is 0 Å². The summed E-state index contributed by atoms with van der Waals surface area (Å²) in [7, 11) is 0. The molecule has 0 radical (unpaired) electrons. The van der Waals surface area contributed by atoms with E-state index < -0.39 is 6.10 Å². The number of fused-ring (bicyclic) bond motifs is 1. The van der Waals surface area contributed by atoms with Crippen molar-refractivity contribution in [2.75, 3.05) is 26.2 Å². The zero-order valence-corrected chi connectivity index (χ0v) is 17.9. The number of amides is 1. The zero-order valence-electron chi connectivity index (χ0n) is 17.9. The molecule has 0 aromatic heterocycles. The van der Waals surface area contributed by atoms with E-state index in [1.807, 2.05) is 11.0 Å². The number of carbonyl (C=O) groups excluding carboxylic acids is 1. The Labute approximate surface area is 183 Å². The Hall–Kier alpha value is -2.57. The van der Waals surface area contributed by atoms with Gasteiger partial charge in [0.05, 0.1) is 6.10 Å². The van der Waals surface area contributed by atoms with Crippen molar-refractivity contribution in [2.24, 2.45) is 0 Å². The summed E-state index contributed by atoms with van der Waals surface area (Å²) < 4.78 is 5.82. The van der Waals surface area contributed by atoms with Crippen LogP contribution in [-0.4, -0.2) is 53.3 Å². The monoisotopic (exact) mass is 424 g/mol. The molecule has 2 aliphatic rings. The quantitative estimate of drug-likeness (QED) is 0.637. The lowest BCUT2D eigenvalue weighted by molar-refractivity contribution is -0.134. The number of aliphatic hydroxyl groups excluding tert-OH is 1. The average Bonchev–Trinajstić information content (AvgIpc) is 2.81. The molecular weight excluding hydrogens is 392 g/mol. The van der Waals surface area contributed by atoms with Gasteiger partial charge in [0.1, 0.15) is 11.5 Å². The van der Waals surface area contributed by atoms with Crippen molar-refractivity contribution >= 4 is 5.91 Å². The van der Waals surface area contributed by atoms with Crippen LogP contribution in [0.4, 0.5) is 0 Å². The van der Waals surface area contributed by atoms with Crippen molar-refractivity contribution in [1.29, 1.82) is 0 Å². The number of nitrogens with one attached hydrogen (secondary N) is 1. The molecule has 1 aliphatic heterocycles. The number of aliphatic hydroxyl groups is 1. The van der Waals surface area contributed by atoms with E-state index in [-0.39, 0.29) is 24.3 Å². The fourth-order valence-electron chi connectivity index (χ4n) is 4.47. The summed E-state index contributed by atoms with van der Waals surface area (Å²) in [6.07, 6.45) is 5.63. The SMILES string of the molecule is O=C(COc1ccc2c(c1)C[C@@H](NC[C@@H](O)c1ccc(O)cc1)CC2)N1CCCCC1. The Kier molecular flexibility index (Phi) is 7.10. The fraction of sp³-hybridized carbons (Fsp3) is 0.480. The number of carbonyl (C=O) groups is 1. The Morgan fingerprint density at radius 1 is 1.10 bits per heavy atom. The van der Waals surface area contributed by atoms with Crippen LogP contribution in [0.5, 0.6) is 11.5 Å². The predicted octanol–water partition coefficient (Wildman–Crippen LogP) is 2.96. The van der Waals surface area contributed by atoms with Gasteiger partial charge < -0.3 is 25.2 Å². The number of ether oxygens (including phenoxy) is 1. The molecule has 1 saturated heterocycles. The minimum absolute atomic E-state index is 0.0696. The summed E-state index contributed by atoms with van der Waals surface area (Å²) in [6, 6.07) is 13.1. The lowest BCUT2D eigenvalue weighted by Gasteiger charge is -2.28. The molecule has 1 aliphatic carbocycles. The summed E-state index contributed by atoms with van der Waals surface area (Å²) in [5.41, 5.74) is 3.35. The molecule has 0 spiro atoms. The average molecular weight is 425 g/mol. The Balaban J connectivity index is 1.28. The number of piperidine rings is 1. The molecule has 0 unspecified atom stereocenters. The van der Waals surface area contributed by atoms with Gasteiger partial charge >= 0.3 is 0 Å². The first-order valence-electron chi connectivity index (χ1n) is 11.3. The molecule has 4 rings (SSSR count). The Morgan fingerprint density at radius 3 is 2.65 bits per heavy atom. The molecule has 0 bridgehead atoms. The van der Waals surface area contributed by atoms with Crippen LogP contribution in [-0.2, 0) is 17.6 Å². The van der Waals surface area contributed by atoms with Gasteiger partial charge in [-0.1, -0.05) is 18.2 Å². The first-order chi connectivity index (χ1) is 15.1. The normalized spacial score (nSPS) is 19.5. The molecule has 3 N–H and O–H groups in total. The number of aryl methyl sites for hydroxylation is 1. The molecule has 0 saturated carbocycles. The van der Waals surface area contributed by atoms with E-state index in [0.29, 0.717) is 6.54 Å². The van der Waals surface area contributed by atoms with E-state index >= 15 is 0 Å². The van der Waals surface area contributed by atoms with E-state index in [1.54, 1.807) is 24.3 Å². The minimum Gasteiger partial charge on any atom is -0.508 e.